The number of hydrogen-bond donors (Lipinski definition) is 0. The fourth-order valence-electron chi connectivity index (χ4n) is 4.55. The number of Topliss-reactive ketones (excluding diaryl/α,β-unsaturated/α-hetero) is 1. The van der Waals surface area contributed by atoms with Gasteiger partial charge in [0.25, 0.3) is 0 Å². The molecule has 0 atom stereocenters. The highest BCUT2D eigenvalue weighted by Gasteiger charge is 2.22. The summed E-state index contributed by atoms with van der Waals surface area (Å²) >= 11 is 0. The maximum Gasteiger partial charge on any atom is 0.181 e. The number of pyridine rings is 1. The molecule has 0 unspecified atom stereocenters. The number of ketones is 1. The van der Waals surface area contributed by atoms with Gasteiger partial charge in [-0.3, -0.25) is 9.20 Å². The Morgan fingerprint density at radius 3 is 2.58 bits per heavy atom. The number of aryl methyl sites for hydroxylation is 2. The molecule has 0 N–H and O–H groups in total. The molecule has 164 valence electrons. The number of aromatic nitrogens is 2. The molecular formula is C25H28F2N2O2. The van der Waals surface area contributed by atoms with Crippen molar-refractivity contribution in [3.63, 3.8) is 0 Å². The highest BCUT2D eigenvalue weighted by atomic mass is 19.1. The van der Waals surface area contributed by atoms with E-state index in [2.05, 4.69) is 4.98 Å². The Morgan fingerprint density at radius 1 is 1.16 bits per heavy atom. The summed E-state index contributed by atoms with van der Waals surface area (Å²) in [6.07, 6.45) is 9.52. The maximum atomic E-state index is 14.0. The molecule has 6 heteroatoms. The van der Waals surface area contributed by atoms with Crippen LogP contribution in [0.2, 0.25) is 0 Å². The second-order valence-corrected chi connectivity index (χ2v) is 8.58. The smallest absolute Gasteiger partial charge is 0.181 e. The Kier molecular flexibility index (Phi) is 6.35. The van der Waals surface area contributed by atoms with Crippen LogP contribution in [0.4, 0.5) is 8.78 Å². The van der Waals surface area contributed by atoms with Crippen molar-refractivity contribution in [3.8, 4) is 5.75 Å². The number of carbonyl (C=O) groups excluding carboxylic acids is 1. The Balaban J connectivity index is 1.58. The van der Waals surface area contributed by atoms with Crippen molar-refractivity contribution < 1.29 is 18.3 Å². The van der Waals surface area contributed by atoms with Crippen molar-refractivity contribution >= 4 is 11.4 Å². The number of ether oxygens (including phenoxy) is 1. The van der Waals surface area contributed by atoms with Crippen LogP contribution >= 0.6 is 0 Å². The third kappa shape index (κ3) is 4.63. The van der Waals surface area contributed by atoms with Crippen molar-refractivity contribution in [2.45, 2.75) is 65.4 Å². The highest BCUT2D eigenvalue weighted by molar-refractivity contribution is 5.96. The third-order valence-corrected chi connectivity index (χ3v) is 6.20. The van der Waals surface area contributed by atoms with Gasteiger partial charge in [0.15, 0.2) is 17.2 Å². The lowest BCUT2D eigenvalue weighted by molar-refractivity contribution is 0.0964. The predicted molar refractivity (Wildman–Crippen MR) is 115 cm³/mol. The number of fused-ring (bicyclic) bond motifs is 1. The van der Waals surface area contributed by atoms with Gasteiger partial charge in [-0.2, -0.15) is 0 Å². The number of imidazole rings is 1. The molecule has 1 aliphatic carbocycles. The molecule has 0 aliphatic heterocycles. The van der Waals surface area contributed by atoms with Gasteiger partial charge in [-0.1, -0.05) is 38.2 Å². The highest BCUT2D eigenvalue weighted by Crippen LogP contribution is 2.30. The van der Waals surface area contributed by atoms with Crippen molar-refractivity contribution in [3.05, 3.63) is 64.6 Å². The van der Waals surface area contributed by atoms with Crippen molar-refractivity contribution in [2.24, 2.45) is 5.92 Å². The van der Waals surface area contributed by atoms with Crippen LogP contribution in [0.1, 0.15) is 72.3 Å². The van der Waals surface area contributed by atoms with Gasteiger partial charge >= 0.3 is 0 Å². The first-order valence-electron chi connectivity index (χ1n) is 11.0. The first-order chi connectivity index (χ1) is 14.9. The molecule has 3 aromatic rings. The molecule has 2 aromatic heterocycles. The van der Waals surface area contributed by atoms with Crippen LogP contribution in [0.25, 0.3) is 5.65 Å². The first-order valence-corrected chi connectivity index (χ1v) is 11.0. The van der Waals surface area contributed by atoms with E-state index in [1.54, 1.807) is 10.5 Å². The molecular weight excluding hydrogens is 398 g/mol. The standard InChI is InChI=1S/C25H28F2N2O2/c1-16-13-23(31-15-19-20(26)9-6-10-21(19)27)25-28-17(2)24(29(25)14-16)22(30)12-11-18-7-4-3-5-8-18/h6,9-10,13-14,18H,3-5,7-8,11-12,15H2,1-2H3. The number of benzene rings is 1. The molecule has 0 spiro atoms. The minimum absolute atomic E-state index is 0.0762. The fourth-order valence-corrected chi connectivity index (χ4v) is 4.55. The topological polar surface area (TPSA) is 43.6 Å². The van der Waals surface area contributed by atoms with Crippen LogP contribution in [0.15, 0.2) is 30.5 Å². The van der Waals surface area contributed by atoms with Gasteiger partial charge in [0, 0.05) is 12.6 Å². The van der Waals surface area contributed by atoms with Gasteiger partial charge in [-0.15, -0.1) is 0 Å². The molecule has 1 fully saturated rings. The van der Waals surface area contributed by atoms with Crippen LogP contribution in [0.5, 0.6) is 5.75 Å². The number of carbonyl (C=O) groups is 1. The van der Waals surface area contributed by atoms with E-state index < -0.39 is 11.6 Å². The van der Waals surface area contributed by atoms with E-state index in [1.807, 2.05) is 20.0 Å². The van der Waals surface area contributed by atoms with Gasteiger partial charge in [-0.05, 0) is 49.9 Å². The van der Waals surface area contributed by atoms with Gasteiger partial charge in [0.05, 0.1) is 11.3 Å². The Morgan fingerprint density at radius 2 is 1.87 bits per heavy atom. The van der Waals surface area contributed by atoms with Crippen molar-refractivity contribution in [1.82, 2.24) is 9.38 Å². The van der Waals surface area contributed by atoms with E-state index in [0.717, 1.165) is 12.0 Å². The third-order valence-electron chi connectivity index (χ3n) is 6.20. The monoisotopic (exact) mass is 426 g/mol. The minimum atomic E-state index is -0.651. The van der Waals surface area contributed by atoms with Crippen LogP contribution in [0.3, 0.4) is 0 Å². The largest absolute Gasteiger partial charge is 0.485 e. The molecule has 0 amide bonds. The van der Waals surface area contributed by atoms with Gasteiger partial charge in [0.1, 0.15) is 23.9 Å². The molecule has 4 nitrogen and oxygen atoms in total. The number of hydrogen-bond acceptors (Lipinski definition) is 3. The summed E-state index contributed by atoms with van der Waals surface area (Å²) in [6.45, 7) is 3.45. The van der Waals surface area contributed by atoms with Crippen LogP contribution in [-0.4, -0.2) is 15.2 Å². The average Bonchev–Trinajstić information content (AvgIpc) is 3.08. The summed E-state index contributed by atoms with van der Waals surface area (Å²) in [7, 11) is 0. The van der Waals surface area contributed by atoms with Crippen LogP contribution in [0, 0.1) is 31.4 Å². The van der Waals surface area contributed by atoms with E-state index in [9.17, 15) is 13.6 Å². The molecule has 4 rings (SSSR count). The zero-order chi connectivity index (χ0) is 22.0. The Labute approximate surface area is 181 Å². The SMILES string of the molecule is Cc1cc(OCc2c(F)cccc2F)c2nc(C)c(C(=O)CCC3CCCCC3)n2c1. The second-order valence-electron chi connectivity index (χ2n) is 8.58. The Bertz CT molecular complexity index is 1080. The zero-order valence-electron chi connectivity index (χ0n) is 18.1. The molecule has 0 bridgehead atoms. The van der Waals surface area contributed by atoms with Gasteiger partial charge in [-0.25, -0.2) is 13.8 Å². The van der Waals surface area contributed by atoms with E-state index >= 15 is 0 Å². The average molecular weight is 427 g/mol. The van der Waals surface area contributed by atoms with E-state index in [1.165, 1.54) is 50.3 Å². The van der Waals surface area contributed by atoms with E-state index in [0.29, 0.717) is 35.1 Å². The Hall–Kier alpha value is -2.76. The number of halogens is 2. The van der Waals surface area contributed by atoms with Crippen LogP contribution in [-0.2, 0) is 6.61 Å². The molecule has 1 aliphatic rings. The quantitative estimate of drug-likeness (QED) is 0.413. The zero-order valence-corrected chi connectivity index (χ0v) is 18.1. The lowest BCUT2D eigenvalue weighted by atomic mass is 9.85. The molecule has 1 aromatic carbocycles. The van der Waals surface area contributed by atoms with Gasteiger partial charge < -0.3 is 4.74 Å². The minimum Gasteiger partial charge on any atom is -0.485 e. The second kappa shape index (κ2) is 9.16. The van der Waals surface area contributed by atoms with E-state index in [-0.39, 0.29) is 18.0 Å². The lowest BCUT2D eigenvalue weighted by Gasteiger charge is -2.20. The molecule has 0 saturated heterocycles. The van der Waals surface area contributed by atoms with Crippen molar-refractivity contribution in [1.29, 1.82) is 0 Å². The fraction of sp³-hybridized carbons (Fsp3) is 0.440. The summed E-state index contributed by atoms with van der Waals surface area (Å²) in [5.74, 6) is -0.193. The summed E-state index contributed by atoms with van der Waals surface area (Å²) in [4.78, 5) is 17.6. The number of rotatable bonds is 7. The molecule has 0 radical (unpaired) electrons. The summed E-state index contributed by atoms with van der Waals surface area (Å²) in [5, 5.41) is 0. The normalized spacial score (nSPS) is 14.8. The lowest BCUT2D eigenvalue weighted by Crippen LogP contribution is -2.11. The predicted octanol–water partition coefficient (Wildman–Crippen LogP) is 6.35. The van der Waals surface area contributed by atoms with E-state index in [4.69, 9.17) is 4.74 Å². The van der Waals surface area contributed by atoms with Gasteiger partial charge in [0.2, 0.25) is 0 Å². The summed E-state index contributed by atoms with van der Waals surface area (Å²) < 4.78 is 35.5. The van der Waals surface area contributed by atoms with Crippen LogP contribution < -0.4 is 4.74 Å². The molecule has 2 heterocycles. The van der Waals surface area contributed by atoms with Crippen molar-refractivity contribution in [2.75, 3.05) is 0 Å². The molecule has 31 heavy (non-hydrogen) atoms. The summed E-state index contributed by atoms with van der Waals surface area (Å²) in [6, 6.07) is 5.51. The molecule has 1 saturated carbocycles. The number of nitrogens with zero attached hydrogens (tertiary/aromatic N) is 2. The maximum absolute atomic E-state index is 14.0. The first kappa shape index (κ1) is 21.5. The summed E-state index contributed by atoms with van der Waals surface area (Å²) in [5.41, 5.74) is 2.43.